The number of rotatable bonds is 5. The van der Waals surface area contributed by atoms with Gasteiger partial charge >= 0.3 is 0 Å². The van der Waals surface area contributed by atoms with Crippen molar-refractivity contribution in [1.82, 2.24) is 25.2 Å². The maximum Gasteiger partial charge on any atom is 0.243 e. The standard InChI is InChI=1S/C15H23N5O/c1-3-4-14-18-15(21-19-14)11(2)20-7-5-12(6-8-20)13-9-16-17-10-13/h9-12H,3-8H2,1-2H3,(H,16,17). The largest absolute Gasteiger partial charge is 0.338 e. The maximum absolute atomic E-state index is 5.41. The molecule has 1 aliphatic heterocycles. The Labute approximate surface area is 124 Å². The lowest BCUT2D eigenvalue weighted by Gasteiger charge is -2.34. The fourth-order valence-corrected chi connectivity index (χ4v) is 3.02. The van der Waals surface area contributed by atoms with Gasteiger partial charge in [0.25, 0.3) is 0 Å². The van der Waals surface area contributed by atoms with E-state index in [1.54, 1.807) is 0 Å². The second-order valence-electron chi connectivity index (χ2n) is 5.82. The van der Waals surface area contributed by atoms with Crippen LogP contribution in [0.15, 0.2) is 16.9 Å². The third kappa shape index (κ3) is 3.15. The molecule has 1 atom stereocenters. The molecule has 1 aliphatic rings. The minimum Gasteiger partial charge on any atom is -0.338 e. The average Bonchev–Trinajstić information content (AvgIpc) is 3.19. The van der Waals surface area contributed by atoms with E-state index in [0.29, 0.717) is 5.92 Å². The first-order chi connectivity index (χ1) is 10.3. The topological polar surface area (TPSA) is 70.8 Å². The Morgan fingerprint density at radius 1 is 1.43 bits per heavy atom. The molecule has 0 saturated carbocycles. The van der Waals surface area contributed by atoms with Crippen LogP contribution in [0, 0.1) is 0 Å². The van der Waals surface area contributed by atoms with E-state index in [0.717, 1.165) is 50.5 Å². The third-order valence-corrected chi connectivity index (χ3v) is 4.38. The highest BCUT2D eigenvalue weighted by Gasteiger charge is 2.27. The summed E-state index contributed by atoms with van der Waals surface area (Å²) in [5.41, 5.74) is 1.32. The number of H-pyrrole nitrogens is 1. The molecule has 0 aliphatic carbocycles. The summed E-state index contributed by atoms with van der Waals surface area (Å²) in [5.74, 6) is 2.19. The zero-order chi connectivity index (χ0) is 14.7. The Kier molecular flexibility index (Phi) is 4.34. The van der Waals surface area contributed by atoms with E-state index in [9.17, 15) is 0 Å². The van der Waals surface area contributed by atoms with Gasteiger partial charge < -0.3 is 4.52 Å². The van der Waals surface area contributed by atoms with Crippen molar-refractivity contribution in [1.29, 1.82) is 0 Å². The number of aromatic nitrogens is 4. The number of nitrogens with zero attached hydrogens (tertiary/aromatic N) is 4. The molecule has 3 rings (SSSR count). The Balaban J connectivity index is 1.58. The van der Waals surface area contributed by atoms with Gasteiger partial charge in [0.15, 0.2) is 5.82 Å². The first-order valence-electron chi connectivity index (χ1n) is 7.83. The number of aromatic amines is 1. The SMILES string of the molecule is CCCc1noc(C(C)N2CCC(c3cn[nH]c3)CC2)n1. The van der Waals surface area contributed by atoms with Crippen molar-refractivity contribution in [2.24, 2.45) is 0 Å². The molecule has 0 bridgehead atoms. The van der Waals surface area contributed by atoms with Crippen LogP contribution in [-0.2, 0) is 6.42 Å². The van der Waals surface area contributed by atoms with Crippen molar-refractivity contribution in [2.75, 3.05) is 13.1 Å². The van der Waals surface area contributed by atoms with Crippen LogP contribution in [0.5, 0.6) is 0 Å². The van der Waals surface area contributed by atoms with E-state index in [-0.39, 0.29) is 6.04 Å². The average molecular weight is 289 g/mol. The summed E-state index contributed by atoms with van der Waals surface area (Å²) in [4.78, 5) is 6.94. The number of aryl methyl sites for hydroxylation is 1. The summed E-state index contributed by atoms with van der Waals surface area (Å²) >= 11 is 0. The molecular formula is C15H23N5O. The minimum atomic E-state index is 0.202. The highest BCUT2D eigenvalue weighted by atomic mass is 16.5. The minimum absolute atomic E-state index is 0.202. The van der Waals surface area contributed by atoms with Crippen LogP contribution in [0.1, 0.15) is 62.3 Å². The molecule has 0 radical (unpaired) electrons. The second kappa shape index (κ2) is 6.39. The van der Waals surface area contributed by atoms with E-state index in [1.165, 1.54) is 5.56 Å². The molecule has 2 aromatic rings. The van der Waals surface area contributed by atoms with E-state index in [1.807, 2.05) is 12.4 Å². The van der Waals surface area contributed by atoms with Crippen LogP contribution in [-0.4, -0.2) is 38.3 Å². The van der Waals surface area contributed by atoms with Gasteiger partial charge in [0.1, 0.15) is 0 Å². The van der Waals surface area contributed by atoms with Gasteiger partial charge in [0.2, 0.25) is 5.89 Å². The molecule has 6 nitrogen and oxygen atoms in total. The fraction of sp³-hybridized carbons (Fsp3) is 0.667. The van der Waals surface area contributed by atoms with Gasteiger partial charge in [-0.15, -0.1) is 0 Å². The Morgan fingerprint density at radius 3 is 2.90 bits per heavy atom. The van der Waals surface area contributed by atoms with Crippen LogP contribution in [0.3, 0.4) is 0 Å². The van der Waals surface area contributed by atoms with Gasteiger partial charge in [-0.05, 0) is 50.8 Å². The number of nitrogens with one attached hydrogen (secondary N) is 1. The van der Waals surface area contributed by atoms with Crippen LogP contribution >= 0.6 is 0 Å². The van der Waals surface area contributed by atoms with Crippen LogP contribution < -0.4 is 0 Å². The summed E-state index contributed by atoms with van der Waals surface area (Å²) in [6, 6.07) is 0.202. The van der Waals surface area contributed by atoms with Crippen LogP contribution in [0.25, 0.3) is 0 Å². The molecule has 3 heterocycles. The van der Waals surface area contributed by atoms with Gasteiger partial charge in [0, 0.05) is 12.6 Å². The van der Waals surface area contributed by atoms with Crippen LogP contribution in [0.4, 0.5) is 0 Å². The summed E-state index contributed by atoms with van der Waals surface area (Å²) in [6.45, 7) is 6.40. The number of piperidine rings is 1. The van der Waals surface area contributed by atoms with E-state index >= 15 is 0 Å². The predicted octanol–water partition coefficient (Wildman–Crippen LogP) is 2.69. The van der Waals surface area contributed by atoms with Crippen molar-refractivity contribution in [3.8, 4) is 0 Å². The Morgan fingerprint density at radius 2 is 2.24 bits per heavy atom. The number of hydrogen-bond acceptors (Lipinski definition) is 5. The molecule has 0 amide bonds. The lowest BCUT2D eigenvalue weighted by molar-refractivity contribution is 0.136. The smallest absolute Gasteiger partial charge is 0.243 e. The van der Waals surface area contributed by atoms with Crippen molar-refractivity contribution in [3.63, 3.8) is 0 Å². The molecule has 1 unspecified atom stereocenters. The monoisotopic (exact) mass is 289 g/mol. The lowest BCUT2D eigenvalue weighted by Crippen LogP contribution is -2.35. The van der Waals surface area contributed by atoms with Crippen molar-refractivity contribution < 1.29 is 4.52 Å². The second-order valence-corrected chi connectivity index (χ2v) is 5.82. The molecule has 2 aromatic heterocycles. The normalized spacial score (nSPS) is 19.0. The fourth-order valence-electron chi connectivity index (χ4n) is 3.02. The maximum atomic E-state index is 5.41. The highest BCUT2D eigenvalue weighted by molar-refractivity contribution is 5.11. The lowest BCUT2D eigenvalue weighted by atomic mass is 9.91. The molecule has 1 saturated heterocycles. The Bertz CT molecular complexity index is 542. The molecule has 1 fully saturated rings. The number of hydrogen-bond donors (Lipinski definition) is 1. The zero-order valence-corrected chi connectivity index (χ0v) is 12.7. The first-order valence-corrected chi connectivity index (χ1v) is 7.83. The van der Waals surface area contributed by atoms with Gasteiger partial charge in [-0.2, -0.15) is 10.1 Å². The van der Waals surface area contributed by atoms with Crippen molar-refractivity contribution >= 4 is 0 Å². The summed E-state index contributed by atoms with van der Waals surface area (Å²) < 4.78 is 5.41. The molecule has 0 spiro atoms. The van der Waals surface area contributed by atoms with Gasteiger partial charge in [-0.1, -0.05) is 12.1 Å². The summed E-state index contributed by atoms with van der Waals surface area (Å²) in [7, 11) is 0. The van der Waals surface area contributed by atoms with E-state index < -0.39 is 0 Å². The Hall–Kier alpha value is -1.69. The van der Waals surface area contributed by atoms with E-state index in [2.05, 4.69) is 39.1 Å². The van der Waals surface area contributed by atoms with E-state index in [4.69, 9.17) is 4.52 Å². The number of likely N-dealkylation sites (tertiary alicyclic amines) is 1. The summed E-state index contributed by atoms with van der Waals surface area (Å²) in [5, 5.41) is 11.0. The first kappa shape index (κ1) is 14.3. The third-order valence-electron chi connectivity index (χ3n) is 4.38. The van der Waals surface area contributed by atoms with Gasteiger partial charge in [-0.3, -0.25) is 10.00 Å². The van der Waals surface area contributed by atoms with Crippen molar-refractivity contribution in [2.45, 2.75) is 51.5 Å². The van der Waals surface area contributed by atoms with Crippen LogP contribution in [0.2, 0.25) is 0 Å². The zero-order valence-electron chi connectivity index (χ0n) is 12.7. The molecule has 21 heavy (non-hydrogen) atoms. The molecular weight excluding hydrogens is 266 g/mol. The quantitative estimate of drug-likeness (QED) is 0.916. The molecule has 114 valence electrons. The highest BCUT2D eigenvalue weighted by Crippen LogP contribution is 2.31. The molecule has 6 heteroatoms. The van der Waals surface area contributed by atoms with Crippen molar-refractivity contribution in [3.05, 3.63) is 29.7 Å². The summed E-state index contributed by atoms with van der Waals surface area (Å²) in [6.07, 6.45) is 8.19. The molecule has 1 N–H and O–H groups in total. The molecule has 0 aromatic carbocycles. The van der Waals surface area contributed by atoms with Gasteiger partial charge in [0.05, 0.1) is 12.2 Å². The predicted molar refractivity (Wildman–Crippen MR) is 78.8 cm³/mol. The van der Waals surface area contributed by atoms with Gasteiger partial charge in [-0.25, -0.2) is 0 Å².